The van der Waals surface area contributed by atoms with Gasteiger partial charge in [-0.2, -0.15) is 0 Å². The Labute approximate surface area is 125 Å². The van der Waals surface area contributed by atoms with Gasteiger partial charge in [-0.1, -0.05) is 12.8 Å². The standard InChI is InChI=1S/C16H23N3O2/c20-16(13-3-1-2-4-13)19-9-7-12(8-10-19)15-18-17-14(21-15)11-5-6-11/h11-13H,1-10H2. The molecule has 3 aliphatic rings. The number of amides is 1. The van der Waals surface area contributed by atoms with Crippen LogP contribution in [-0.4, -0.2) is 34.1 Å². The summed E-state index contributed by atoms with van der Waals surface area (Å²) < 4.78 is 5.82. The Hall–Kier alpha value is -1.39. The molecule has 114 valence electrons. The lowest BCUT2D eigenvalue weighted by molar-refractivity contribution is -0.136. The molecule has 4 rings (SSSR count). The number of aromatic nitrogens is 2. The highest BCUT2D eigenvalue weighted by atomic mass is 16.4. The second-order valence-corrected chi connectivity index (χ2v) is 6.83. The molecule has 0 bridgehead atoms. The van der Waals surface area contributed by atoms with Crippen LogP contribution >= 0.6 is 0 Å². The first-order valence-corrected chi connectivity index (χ1v) is 8.43. The molecule has 1 aliphatic heterocycles. The zero-order chi connectivity index (χ0) is 14.2. The van der Waals surface area contributed by atoms with Crippen LogP contribution in [-0.2, 0) is 4.79 Å². The fraction of sp³-hybridized carbons (Fsp3) is 0.812. The molecule has 0 N–H and O–H groups in total. The molecule has 0 aromatic carbocycles. The van der Waals surface area contributed by atoms with Crippen LogP contribution in [0.25, 0.3) is 0 Å². The summed E-state index contributed by atoms with van der Waals surface area (Å²) in [5.74, 6) is 3.17. The third-order valence-electron chi connectivity index (χ3n) is 5.24. The molecule has 0 unspecified atom stereocenters. The minimum Gasteiger partial charge on any atom is -0.425 e. The van der Waals surface area contributed by atoms with Crippen molar-refractivity contribution in [2.24, 2.45) is 5.92 Å². The van der Waals surface area contributed by atoms with Gasteiger partial charge in [0, 0.05) is 30.8 Å². The normalized spacial score (nSPS) is 24.7. The molecule has 2 saturated carbocycles. The van der Waals surface area contributed by atoms with E-state index >= 15 is 0 Å². The zero-order valence-corrected chi connectivity index (χ0v) is 12.5. The van der Waals surface area contributed by atoms with Crippen molar-refractivity contribution >= 4 is 5.91 Å². The number of hydrogen-bond donors (Lipinski definition) is 0. The average Bonchev–Trinajstić information content (AvgIpc) is 3.05. The van der Waals surface area contributed by atoms with Crippen LogP contribution in [0.5, 0.6) is 0 Å². The Balaban J connectivity index is 1.34. The summed E-state index contributed by atoms with van der Waals surface area (Å²) in [6.07, 6.45) is 8.93. The van der Waals surface area contributed by atoms with Crippen LogP contribution in [0.15, 0.2) is 4.42 Å². The molecule has 1 aromatic heterocycles. The van der Waals surface area contributed by atoms with Gasteiger partial charge in [-0.25, -0.2) is 0 Å². The molecule has 2 heterocycles. The first-order chi connectivity index (χ1) is 10.3. The monoisotopic (exact) mass is 289 g/mol. The van der Waals surface area contributed by atoms with Crippen molar-refractivity contribution in [1.82, 2.24) is 15.1 Å². The van der Waals surface area contributed by atoms with Gasteiger partial charge in [0.2, 0.25) is 17.7 Å². The maximum absolute atomic E-state index is 12.4. The molecule has 1 amide bonds. The summed E-state index contributed by atoms with van der Waals surface area (Å²) >= 11 is 0. The predicted octanol–water partition coefficient (Wildman–Crippen LogP) is 2.84. The van der Waals surface area contributed by atoms with Crippen LogP contribution in [0.3, 0.4) is 0 Å². The number of hydrogen-bond acceptors (Lipinski definition) is 4. The topological polar surface area (TPSA) is 59.2 Å². The molecular formula is C16H23N3O2. The first kappa shape index (κ1) is 13.3. The van der Waals surface area contributed by atoms with E-state index in [1.54, 1.807) is 0 Å². The molecule has 1 saturated heterocycles. The van der Waals surface area contributed by atoms with Crippen molar-refractivity contribution < 1.29 is 9.21 Å². The summed E-state index contributed by atoms with van der Waals surface area (Å²) in [7, 11) is 0. The van der Waals surface area contributed by atoms with Crippen LogP contribution in [0.1, 0.15) is 75.0 Å². The van der Waals surface area contributed by atoms with E-state index in [0.717, 1.165) is 50.6 Å². The maximum atomic E-state index is 12.4. The summed E-state index contributed by atoms with van der Waals surface area (Å²) in [5.41, 5.74) is 0. The lowest BCUT2D eigenvalue weighted by Gasteiger charge is -2.32. The van der Waals surface area contributed by atoms with E-state index in [1.807, 2.05) is 0 Å². The molecule has 1 aromatic rings. The Morgan fingerprint density at radius 1 is 0.905 bits per heavy atom. The minimum absolute atomic E-state index is 0.298. The molecule has 0 radical (unpaired) electrons. The van der Waals surface area contributed by atoms with Crippen molar-refractivity contribution in [2.75, 3.05) is 13.1 Å². The van der Waals surface area contributed by atoms with Crippen molar-refractivity contribution in [3.8, 4) is 0 Å². The molecule has 3 fully saturated rings. The summed E-state index contributed by atoms with van der Waals surface area (Å²) in [4.78, 5) is 14.5. The second-order valence-electron chi connectivity index (χ2n) is 6.83. The summed E-state index contributed by atoms with van der Waals surface area (Å²) in [6.45, 7) is 1.70. The number of likely N-dealkylation sites (tertiary alicyclic amines) is 1. The molecule has 5 heteroatoms. The van der Waals surface area contributed by atoms with Crippen molar-refractivity contribution in [1.29, 1.82) is 0 Å². The Bertz CT molecular complexity index is 509. The molecule has 5 nitrogen and oxygen atoms in total. The summed E-state index contributed by atoms with van der Waals surface area (Å²) in [6, 6.07) is 0. The Morgan fingerprint density at radius 3 is 2.05 bits per heavy atom. The van der Waals surface area contributed by atoms with Crippen LogP contribution in [0.2, 0.25) is 0 Å². The quantitative estimate of drug-likeness (QED) is 0.858. The van der Waals surface area contributed by atoms with Crippen LogP contribution < -0.4 is 0 Å². The fourth-order valence-electron chi connectivity index (χ4n) is 3.68. The van der Waals surface area contributed by atoms with Gasteiger partial charge in [0.25, 0.3) is 0 Å². The largest absolute Gasteiger partial charge is 0.425 e. The van der Waals surface area contributed by atoms with Gasteiger partial charge in [0.1, 0.15) is 0 Å². The predicted molar refractivity (Wildman–Crippen MR) is 76.8 cm³/mol. The number of carbonyl (C=O) groups is 1. The van der Waals surface area contributed by atoms with E-state index in [4.69, 9.17) is 4.42 Å². The van der Waals surface area contributed by atoms with Gasteiger partial charge >= 0.3 is 0 Å². The minimum atomic E-state index is 0.298. The van der Waals surface area contributed by atoms with Gasteiger partial charge in [-0.05, 0) is 38.5 Å². The molecule has 2 aliphatic carbocycles. The third kappa shape index (κ3) is 2.70. The maximum Gasteiger partial charge on any atom is 0.225 e. The van der Waals surface area contributed by atoms with Gasteiger partial charge < -0.3 is 9.32 Å². The number of piperidine rings is 1. The van der Waals surface area contributed by atoms with E-state index in [9.17, 15) is 4.79 Å². The lowest BCUT2D eigenvalue weighted by Crippen LogP contribution is -2.40. The highest BCUT2D eigenvalue weighted by Gasteiger charge is 2.34. The van der Waals surface area contributed by atoms with Gasteiger partial charge in [-0.15, -0.1) is 10.2 Å². The molecule has 0 spiro atoms. The van der Waals surface area contributed by atoms with E-state index in [0.29, 0.717) is 23.7 Å². The zero-order valence-electron chi connectivity index (χ0n) is 12.5. The van der Waals surface area contributed by atoms with Crippen LogP contribution in [0, 0.1) is 5.92 Å². The summed E-state index contributed by atoms with van der Waals surface area (Å²) in [5, 5.41) is 8.40. The highest BCUT2D eigenvalue weighted by molar-refractivity contribution is 5.79. The molecule has 21 heavy (non-hydrogen) atoms. The van der Waals surface area contributed by atoms with E-state index < -0.39 is 0 Å². The Kier molecular flexibility index (Phi) is 3.43. The highest BCUT2D eigenvalue weighted by Crippen LogP contribution is 2.40. The van der Waals surface area contributed by atoms with E-state index in [2.05, 4.69) is 15.1 Å². The Morgan fingerprint density at radius 2 is 1.48 bits per heavy atom. The van der Waals surface area contributed by atoms with Gasteiger partial charge in [-0.3, -0.25) is 4.79 Å². The fourth-order valence-corrected chi connectivity index (χ4v) is 3.68. The average molecular weight is 289 g/mol. The third-order valence-corrected chi connectivity index (χ3v) is 5.24. The lowest BCUT2D eigenvalue weighted by atomic mass is 9.95. The van der Waals surface area contributed by atoms with Crippen molar-refractivity contribution in [3.63, 3.8) is 0 Å². The second kappa shape index (κ2) is 5.43. The number of carbonyl (C=O) groups excluding carboxylic acids is 1. The molecule has 0 atom stereocenters. The van der Waals surface area contributed by atoms with Crippen molar-refractivity contribution in [3.05, 3.63) is 11.8 Å². The number of nitrogens with zero attached hydrogens (tertiary/aromatic N) is 3. The van der Waals surface area contributed by atoms with E-state index in [1.165, 1.54) is 25.7 Å². The van der Waals surface area contributed by atoms with Crippen LogP contribution in [0.4, 0.5) is 0 Å². The number of rotatable bonds is 3. The first-order valence-electron chi connectivity index (χ1n) is 8.43. The smallest absolute Gasteiger partial charge is 0.225 e. The molecular weight excluding hydrogens is 266 g/mol. The van der Waals surface area contributed by atoms with Gasteiger partial charge in [0.15, 0.2) is 0 Å². The van der Waals surface area contributed by atoms with E-state index in [-0.39, 0.29) is 0 Å². The van der Waals surface area contributed by atoms with Gasteiger partial charge in [0.05, 0.1) is 0 Å². The SMILES string of the molecule is O=C(C1CCCC1)N1CCC(c2nnc(C3CC3)o2)CC1. The van der Waals surface area contributed by atoms with Crippen molar-refractivity contribution in [2.45, 2.75) is 63.2 Å².